The molecule has 10 heteroatoms. The summed E-state index contributed by atoms with van der Waals surface area (Å²) in [4.78, 5) is 46.2. The second kappa shape index (κ2) is 6.11. The van der Waals surface area contributed by atoms with E-state index < -0.39 is 11.6 Å². The highest BCUT2D eigenvalue weighted by Gasteiger charge is 2.46. The number of pyridine rings is 1. The molecule has 1 spiro atoms. The van der Waals surface area contributed by atoms with Crippen LogP contribution in [0.3, 0.4) is 0 Å². The molecule has 4 heterocycles. The quantitative estimate of drug-likeness (QED) is 0.605. The van der Waals surface area contributed by atoms with E-state index in [9.17, 15) is 19.5 Å². The van der Waals surface area contributed by atoms with Gasteiger partial charge in [0.1, 0.15) is 38.9 Å². The molecule has 0 aromatic carbocycles. The number of aryl methyl sites for hydroxylation is 1. The maximum atomic E-state index is 13.3. The summed E-state index contributed by atoms with van der Waals surface area (Å²) in [5, 5.41) is 15.8. The summed E-state index contributed by atoms with van der Waals surface area (Å²) >= 11 is 1.04. The number of carboxylic acids is 1. The average Bonchev–Trinajstić information content (AvgIpc) is 3.38. The Bertz CT molecular complexity index is 1260. The van der Waals surface area contributed by atoms with Gasteiger partial charge in [0.2, 0.25) is 0 Å². The van der Waals surface area contributed by atoms with E-state index in [4.69, 9.17) is 0 Å². The number of aromatic carboxylic acids is 1. The third kappa shape index (κ3) is 2.55. The van der Waals surface area contributed by atoms with Crippen LogP contribution >= 0.6 is 11.3 Å². The molecule has 9 nitrogen and oxygen atoms in total. The molecule has 0 atom stereocenters. The number of carbonyl (C=O) groups is 2. The zero-order valence-corrected chi connectivity index (χ0v) is 16.3. The number of aromatic nitrogens is 3. The number of hydrogen-bond acceptors (Lipinski definition) is 7. The third-order valence-corrected chi connectivity index (χ3v) is 6.64. The second-order valence-electron chi connectivity index (χ2n) is 7.40. The Morgan fingerprint density at radius 2 is 2.03 bits per heavy atom. The van der Waals surface area contributed by atoms with E-state index in [1.54, 1.807) is 17.6 Å². The number of nitrogens with one attached hydrogen (secondary N) is 2. The maximum absolute atomic E-state index is 13.3. The number of thiophene rings is 1. The molecule has 0 unspecified atom stereocenters. The maximum Gasteiger partial charge on any atom is 0.345 e. The standard InChI is InChI=1S/C19H17N5O4S/c1-9-6-11(17(26)24-13(9)15(25)23-19(24)4-2-3-5-19)22-14-10-7-12(18(27)28)29-16(10)21-8-20-14/h6-8H,2-5H2,1H3,(H,23,25)(H,27,28)(H,20,21,22). The van der Waals surface area contributed by atoms with Crippen LogP contribution in [0.5, 0.6) is 0 Å². The van der Waals surface area contributed by atoms with E-state index >= 15 is 0 Å². The molecule has 0 bridgehead atoms. The van der Waals surface area contributed by atoms with Crippen molar-refractivity contribution in [3.8, 4) is 0 Å². The number of carboxylic acid groups (broad SMARTS) is 1. The van der Waals surface area contributed by atoms with Gasteiger partial charge in [0, 0.05) is 0 Å². The third-order valence-electron chi connectivity index (χ3n) is 5.60. The zero-order valence-electron chi connectivity index (χ0n) is 15.5. The fourth-order valence-corrected chi connectivity index (χ4v) is 5.18. The van der Waals surface area contributed by atoms with Gasteiger partial charge in [0.25, 0.3) is 11.5 Å². The highest BCUT2D eigenvalue weighted by molar-refractivity contribution is 7.20. The summed E-state index contributed by atoms with van der Waals surface area (Å²) in [6, 6.07) is 3.13. The number of anilines is 2. The van der Waals surface area contributed by atoms with E-state index in [-0.39, 0.29) is 22.0 Å². The first-order valence-corrected chi connectivity index (χ1v) is 10.1. The SMILES string of the molecule is Cc1cc(Nc2ncnc3sc(C(=O)O)cc23)c(=O)n2c1C(=O)NC21CCCC1. The molecule has 3 aromatic rings. The predicted octanol–water partition coefficient (Wildman–Crippen LogP) is 2.57. The molecule has 1 amide bonds. The van der Waals surface area contributed by atoms with Crippen molar-refractivity contribution in [2.45, 2.75) is 38.3 Å². The Morgan fingerprint density at radius 3 is 2.76 bits per heavy atom. The molecule has 29 heavy (non-hydrogen) atoms. The lowest BCUT2D eigenvalue weighted by atomic mass is 10.1. The fourth-order valence-electron chi connectivity index (χ4n) is 4.35. The van der Waals surface area contributed by atoms with Crippen LogP contribution in [0, 0.1) is 6.92 Å². The van der Waals surface area contributed by atoms with Gasteiger partial charge in [-0.25, -0.2) is 14.8 Å². The van der Waals surface area contributed by atoms with Crippen molar-refractivity contribution in [3.63, 3.8) is 0 Å². The van der Waals surface area contributed by atoms with E-state index in [0.717, 1.165) is 37.0 Å². The van der Waals surface area contributed by atoms with Gasteiger partial charge in [0.15, 0.2) is 0 Å². The molecule has 3 aromatic heterocycles. The largest absolute Gasteiger partial charge is 0.477 e. The number of hydrogen-bond donors (Lipinski definition) is 3. The van der Waals surface area contributed by atoms with Crippen molar-refractivity contribution in [2.75, 3.05) is 5.32 Å². The van der Waals surface area contributed by atoms with Gasteiger partial charge in [-0.2, -0.15) is 0 Å². The number of rotatable bonds is 3. The van der Waals surface area contributed by atoms with Crippen LogP contribution in [-0.4, -0.2) is 31.5 Å². The van der Waals surface area contributed by atoms with E-state index in [1.807, 2.05) is 0 Å². The molecule has 5 rings (SSSR count). The molecule has 2 aliphatic rings. The average molecular weight is 411 g/mol. The summed E-state index contributed by atoms with van der Waals surface area (Å²) in [6.45, 7) is 1.80. The lowest BCUT2D eigenvalue weighted by molar-refractivity contribution is 0.0702. The second-order valence-corrected chi connectivity index (χ2v) is 8.44. The molecular weight excluding hydrogens is 394 g/mol. The van der Waals surface area contributed by atoms with Crippen molar-refractivity contribution in [1.29, 1.82) is 0 Å². The van der Waals surface area contributed by atoms with Crippen LogP contribution < -0.4 is 16.2 Å². The Kier molecular flexibility index (Phi) is 3.75. The van der Waals surface area contributed by atoms with Gasteiger partial charge in [0.05, 0.1) is 5.39 Å². The molecule has 148 valence electrons. The van der Waals surface area contributed by atoms with E-state index in [1.165, 1.54) is 12.4 Å². The Labute approximate surface area is 168 Å². The van der Waals surface area contributed by atoms with Crippen molar-refractivity contribution in [3.05, 3.63) is 44.9 Å². The summed E-state index contributed by atoms with van der Waals surface area (Å²) in [6.07, 6.45) is 4.66. The molecule has 1 aliphatic carbocycles. The molecule has 1 fully saturated rings. The van der Waals surface area contributed by atoms with Crippen molar-refractivity contribution in [1.82, 2.24) is 19.9 Å². The minimum atomic E-state index is -1.04. The summed E-state index contributed by atoms with van der Waals surface area (Å²) in [7, 11) is 0. The first-order valence-electron chi connectivity index (χ1n) is 9.24. The topological polar surface area (TPSA) is 126 Å². The van der Waals surface area contributed by atoms with Crippen LogP contribution in [0.15, 0.2) is 23.3 Å². The highest BCUT2D eigenvalue weighted by Crippen LogP contribution is 2.39. The molecule has 1 saturated carbocycles. The fraction of sp³-hybridized carbons (Fsp3) is 0.316. The zero-order chi connectivity index (χ0) is 20.3. The Morgan fingerprint density at radius 1 is 1.28 bits per heavy atom. The van der Waals surface area contributed by atoms with Gasteiger partial charge < -0.3 is 15.7 Å². The summed E-state index contributed by atoms with van der Waals surface area (Å²) in [5.41, 5.74) is 0.420. The number of carbonyl (C=O) groups excluding carboxylic acids is 1. The van der Waals surface area contributed by atoms with Gasteiger partial charge >= 0.3 is 5.97 Å². The molecule has 1 aliphatic heterocycles. The van der Waals surface area contributed by atoms with Crippen molar-refractivity contribution < 1.29 is 14.7 Å². The van der Waals surface area contributed by atoms with E-state index in [0.29, 0.717) is 27.3 Å². The summed E-state index contributed by atoms with van der Waals surface area (Å²) in [5.74, 6) is -0.907. The van der Waals surface area contributed by atoms with Gasteiger partial charge in [-0.15, -0.1) is 11.3 Å². The van der Waals surface area contributed by atoms with Gasteiger partial charge in [-0.05, 0) is 50.3 Å². The smallest absolute Gasteiger partial charge is 0.345 e. The van der Waals surface area contributed by atoms with Crippen molar-refractivity contribution in [2.24, 2.45) is 0 Å². The normalized spacial score (nSPS) is 16.9. The lowest BCUT2D eigenvalue weighted by Gasteiger charge is -2.26. The minimum Gasteiger partial charge on any atom is -0.477 e. The molecule has 0 saturated heterocycles. The van der Waals surface area contributed by atoms with Crippen LogP contribution in [0.1, 0.15) is 51.4 Å². The van der Waals surface area contributed by atoms with Crippen LogP contribution in [0.4, 0.5) is 11.5 Å². The molecule has 3 N–H and O–H groups in total. The van der Waals surface area contributed by atoms with Crippen LogP contribution in [0.25, 0.3) is 10.2 Å². The first kappa shape index (κ1) is 17.8. The van der Waals surface area contributed by atoms with E-state index in [2.05, 4.69) is 20.6 Å². The van der Waals surface area contributed by atoms with Gasteiger partial charge in [-0.1, -0.05) is 0 Å². The van der Waals surface area contributed by atoms with Crippen LogP contribution in [-0.2, 0) is 5.66 Å². The highest BCUT2D eigenvalue weighted by atomic mass is 32.1. The molecule has 0 radical (unpaired) electrons. The Hall–Kier alpha value is -3.27. The monoisotopic (exact) mass is 411 g/mol. The lowest BCUT2D eigenvalue weighted by Crippen LogP contribution is -2.45. The minimum absolute atomic E-state index is 0.144. The van der Waals surface area contributed by atoms with Crippen LogP contribution in [0.2, 0.25) is 0 Å². The summed E-state index contributed by atoms with van der Waals surface area (Å²) < 4.78 is 1.59. The number of fused-ring (bicyclic) bond motifs is 3. The predicted molar refractivity (Wildman–Crippen MR) is 107 cm³/mol. The van der Waals surface area contributed by atoms with Gasteiger partial charge in [-0.3, -0.25) is 14.2 Å². The Balaban J connectivity index is 1.65. The molecular formula is C19H17N5O4S. The first-order chi connectivity index (χ1) is 13.9. The number of nitrogens with zero attached hydrogens (tertiary/aromatic N) is 3. The number of amides is 1. The van der Waals surface area contributed by atoms with Crippen molar-refractivity contribution >= 4 is 44.9 Å².